The molecule has 1 heterocycles. The predicted molar refractivity (Wildman–Crippen MR) is 91.3 cm³/mol. The van der Waals surface area contributed by atoms with E-state index >= 15 is 0 Å². The van der Waals surface area contributed by atoms with Gasteiger partial charge in [-0.1, -0.05) is 42.0 Å². The molecular weight excluding hydrogens is 272 g/mol. The normalized spacial score (nSPS) is 11.2. The molecule has 1 aromatic heterocycles. The minimum absolute atomic E-state index is 0.732. The van der Waals surface area contributed by atoms with Crippen LogP contribution in [0.25, 0.3) is 10.9 Å². The van der Waals surface area contributed by atoms with Gasteiger partial charge in [0.1, 0.15) is 5.82 Å². The summed E-state index contributed by atoms with van der Waals surface area (Å²) in [5.74, 6) is 1.47. The van der Waals surface area contributed by atoms with Gasteiger partial charge in [-0.05, 0) is 31.5 Å². The third-order valence-corrected chi connectivity index (χ3v) is 3.39. The Morgan fingerprint density at radius 2 is 1.91 bits per heavy atom. The van der Waals surface area contributed by atoms with Gasteiger partial charge in [-0.15, -0.1) is 0 Å². The lowest BCUT2D eigenvalue weighted by atomic mass is 10.1. The highest BCUT2D eigenvalue weighted by atomic mass is 15.3. The molecular formula is C18H18N4. The van der Waals surface area contributed by atoms with Gasteiger partial charge in [0.2, 0.25) is 0 Å². The molecule has 0 aliphatic heterocycles. The highest BCUT2D eigenvalue weighted by molar-refractivity contribution is 5.89. The smallest absolute Gasteiger partial charge is 0.157 e. The lowest BCUT2D eigenvalue weighted by Gasteiger charge is -2.05. The summed E-state index contributed by atoms with van der Waals surface area (Å²) < 4.78 is 0. The van der Waals surface area contributed by atoms with Crippen LogP contribution in [0.15, 0.2) is 53.6 Å². The van der Waals surface area contributed by atoms with Crippen molar-refractivity contribution in [3.8, 4) is 0 Å². The zero-order valence-corrected chi connectivity index (χ0v) is 12.7. The van der Waals surface area contributed by atoms with Crippen molar-refractivity contribution < 1.29 is 0 Å². The van der Waals surface area contributed by atoms with Gasteiger partial charge in [-0.2, -0.15) is 5.10 Å². The number of hydrazone groups is 1. The largest absolute Gasteiger partial charge is 0.261 e. The van der Waals surface area contributed by atoms with E-state index in [-0.39, 0.29) is 0 Å². The minimum Gasteiger partial charge on any atom is -0.261 e. The molecule has 0 fully saturated rings. The van der Waals surface area contributed by atoms with Gasteiger partial charge in [0.05, 0.1) is 5.52 Å². The van der Waals surface area contributed by atoms with E-state index in [1.165, 1.54) is 11.1 Å². The first-order valence-electron chi connectivity index (χ1n) is 7.29. The molecule has 0 aliphatic carbocycles. The maximum atomic E-state index is 4.42. The molecule has 110 valence electrons. The van der Waals surface area contributed by atoms with Crippen LogP contribution < -0.4 is 5.43 Å². The topological polar surface area (TPSA) is 50.2 Å². The summed E-state index contributed by atoms with van der Waals surface area (Å²) in [6, 6.07) is 16.3. The van der Waals surface area contributed by atoms with Crippen molar-refractivity contribution in [2.45, 2.75) is 20.3 Å². The quantitative estimate of drug-likeness (QED) is 0.586. The molecule has 22 heavy (non-hydrogen) atoms. The predicted octanol–water partition coefficient (Wildman–Crippen LogP) is 3.89. The summed E-state index contributed by atoms with van der Waals surface area (Å²) in [6.07, 6.45) is 2.65. The highest BCUT2D eigenvalue weighted by Gasteiger charge is 2.03. The summed E-state index contributed by atoms with van der Waals surface area (Å²) in [6.45, 7) is 3.97. The first-order valence-corrected chi connectivity index (χ1v) is 7.29. The van der Waals surface area contributed by atoms with Crippen LogP contribution in [0.3, 0.4) is 0 Å². The first-order chi connectivity index (χ1) is 10.7. The number of hydrogen-bond donors (Lipinski definition) is 1. The van der Waals surface area contributed by atoms with Crippen LogP contribution in [0, 0.1) is 13.8 Å². The molecule has 0 spiro atoms. The number of fused-ring (bicyclic) bond motifs is 1. The van der Waals surface area contributed by atoms with Crippen LogP contribution in [0.5, 0.6) is 0 Å². The van der Waals surface area contributed by atoms with Gasteiger partial charge in [0, 0.05) is 18.0 Å². The molecule has 0 saturated heterocycles. The van der Waals surface area contributed by atoms with Crippen LogP contribution in [-0.4, -0.2) is 16.2 Å². The minimum atomic E-state index is 0.732. The third kappa shape index (κ3) is 3.28. The second-order valence-electron chi connectivity index (χ2n) is 5.25. The van der Waals surface area contributed by atoms with Gasteiger partial charge in [-0.25, -0.2) is 9.97 Å². The average molecular weight is 290 g/mol. The fourth-order valence-corrected chi connectivity index (χ4v) is 2.37. The number of aryl methyl sites for hydroxylation is 2. The van der Waals surface area contributed by atoms with Crippen molar-refractivity contribution in [1.29, 1.82) is 0 Å². The van der Waals surface area contributed by atoms with E-state index < -0.39 is 0 Å². The maximum Gasteiger partial charge on any atom is 0.157 e. The number of aromatic nitrogens is 2. The molecule has 2 aromatic carbocycles. The summed E-state index contributed by atoms with van der Waals surface area (Å²) >= 11 is 0. The first kappa shape index (κ1) is 14.2. The van der Waals surface area contributed by atoms with E-state index in [4.69, 9.17) is 0 Å². The van der Waals surface area contributed by atoms with E-state index in [2.05, 4.69) is 51.7 Å². The number of nitrogens with zero attached hydrogens (tertiary/aromatic N) is 3. The van der Waals surface area contributed by atoms with Crippen molar-refractivity contribution in [3.63, 3.8) is 0 Å². The Labute approximate surface area is 129 Å². The van der Waals surface area contributed by atoms with Crippen LogP contribution in [-0.2, 0) is 6.42 Å². The number of benzene rings is 2. The zero-order chi connectivity index (χ0) is 15.4. The molecule has 4 nitrogen and oxygen atoms in total. The molecule has 0 atom stereocenters. The van der Waals surface area contributed by atoms with Crippen LogP contribution in [0.4, 0.5) is 5.82 Å². The molecule has 0 saturated carbocycles. The SMILES string of the molecule is Cc1cccc(CC=NNc2nc(C)nc3ccccc23)c1. The molecule has 0 radical (unpaired) electrons. The highest BCUT2D eigenvalue weighted by Crippen LogP contribution is 2.19. The second-order valence-corrected chi connectivity index (χ2v) is 5.25. The summed E-state index contributed by atoms with van der Waals surface area (Å²) in [5.41, 5.74) is 6.46. The van der Waals surface area contributed by atoms with Crippen molar-refractivity contribution in [2.24, 2.45) is 5.10 Å². The molecule has 3 rings (SSSR count). The Balaban J connectivity index is 1.75. The van der Waals surface area contributed by atoms with Gasteiger partial charge in [0.15, 0.2) is 5.82 Å². The van der Waals surface area contributed by atoms with Crippen molar-refractivity contribution in [2.75, 3.05) is 5.43 Å². The van der Waals surface area contributed by atoms with Crippen molar-refractivity contribution in [1.82, 2.24) is 9.97 Å². The van der Waals surface area contributed by atoms with Gasteiger partial charge in [0.25, 0.3) is 0 Å². The summed E-state index contributed by atoms with van der Waals surface area (Å²) in [7, 11) is 0. The molecule has 0 unspecified atom stereocenters. The molecule has 0 bridgehead atoms. The van der Waals surface area contributed by atoms with Gasteiger partial charge < -0.3 is 0 Å². The number of anilines is 1. The lowest BCUT2D eigenvalue weighted by molar-refractivity contribution is 1.08. The Bertz CT molecular complexity index is 824. The standard InChI is InChI=1S/C18H18N4/c1-13-6-5-7-15(12-13)10-11-19-22-18-16-8-3-4-9-17(16)20-14(2)21-18/h3-9,11-12H,10H2,1-2H3,(H,20,21,22). The van der Waals surface area contributed by atoms with E-state index in [0.29, 0.717) is 0 Å². The number of hydrogen-bond acceptors (Lipinski definition) is 4. The maximum absolute atomic E-state index is 4.42. The van der Waals surface area contributed by atoms with Crippen LogP contribution in [0.2, 0.25) is 0 Å². The van der Waals surface area contributed by atoms with Crippen molar-refractivity contribution >= 4 is 22.9 Å². The number of para-hydroxylation sites is 1. The van der Waals surface area contributed by atoms with Crippen LogP contribution in [0.1, 0.15) is 17.0 Å². The van der Waals surface area contributed by atoms with E-state index in [9.17, 15) is 0 Å². The Morgan fingerprint density at radius 3 is 2.77 bits per heavy atom. The van der Waals surface area contributed by atoms with E-state index in [1.807, 2.05) is 37.4 Å². The Hall–Kier alpha value is -2.75. The number of rotatable bonds is 4. The molecule has 1 N–H and O–H groups in total. The number of nitrogens with one attached hydrogen (secondary N) is 1. The average Bonchev–Trinajstić information content (AvgIpc) is 2.51. The molecule has 0 amide bonds. The molecule has 3 aromatic rings. The zero-order valence-electron chi connectivity index (χ0n) is 12.7. The Morgan fingerprint density at radius 1 is 1.05 bits per heavy atom. The van der Waals surface area contributed by atoms with Crippen LogP contribution >= 0.6 is 0 Å². The van der Waals surface area contributed by atoms with Crippen molar-refractivity contribution in [3.05, 3.63) is 65.5 Å². The fourth-order valence-electron chi connectivity index (χ4n) is 2.37. The monoisotopic (exact) mass is 290 g/mol. The van der Waals surface area contributed by atoms with Gasteiger partial charge >= 0.3 is 0 Å². The summed E-state index contributed by atoms with van der Waals surface area (Å²) in [5, 5.41) is 5.27. The Kier molecular flexibility index (Phi) is 4.10. The van der Waals surface area contributed by atoms with E-state index in [1.54, 1.807) is 0 Å². The van der Waals surface area contributed by atoms with E-state index in [0.717, 1.165) is 29.0 Å². The third-order valence-electron chi connectivity index (χ3n) is 3.39. The molecule has 0 aliphatic rings. The van der Waals surface area contributed by atoms with Gasteiger partial charge in [-0.3, -0.25) is 5.43 Å². The summed E-state index contributed by atoms with van der Waals surface area (Å²) in [4.78, 5) is 8.84. The lowest BCUT2D eigenvalue weighted by Crippen LogP contribution is -1.99. The molecule has 4 heteroatoms. The second kappa shape index (κ2) is 6.35. The fraction of sp³-hybridized carbons (Fsp3) is 0.167.